The van der Waals surface area contributed by atoms with Crippen molar-refractivity contribution in [1.29, 1.82) is 0 Å². The van der Waals surface area contributed by atoms with Crippen molar-refractivity contribution in [3.8, 4) is 0 Å². The Hall–Kier alpha value is -1.23. The first kappa shape index (κ1) is 15.8. The van der Waals surface area contributed by atoms with Crippen LogP contribution in [0, 0.1) is 5.41 Å². The van der Waals surface area contributed by atoms with Gasteiger partial charge in [-0.25, -0.2) is 8.42 Å². The van der Waals surface area contributed by atoms with Gasteiger partial charge in [0.25, 0.3) is 0 Å². The zero-order chi connectivity index (χ0) is 15.0. The van der Waals surface area contributed by atoms with E-state index in [9.17, 15) is 8.42 Å². The van der Waals surface area contributed by atoms with Crippen molar-refractivity contribution >= 4 is 21.2 Å². The van der Waals surface area contributed by atoms with Gasteiger partial charge in [0.05, 0.1) is 16.3 Å². The first-order chi connectivity index (χ1) is 8.46. The van der Waals surface area contributed by atoms with Crippen LogP contribution in [0.15, 0.2) is 23.1 Å². The molecule has 0 fully saturated rings. The largest absolute Gasteiger partial charge is 0.396 e. The van der Waals surface area contributed by atoms with E-state index in [1.165, 1.54) is 6.26 Å². The fourth-order valence-electron chi connectivity index (χ4n) is 1.95. The Morgan fingerprint density at radius 3 is 2.21 bits per heavy atom. The van der Waals surface area contributed by atoms with Gasteiger partial charge in [0.15, 0.2) is 9.84 Å². The Morgan fingerprint density at radius 1 is 1.26 bits per heavy atom. The molecule has 1 unspecified atom stereocenters. The van der Waals surface area contributed by atoms with Crippen molar-refractivity contribution in [1.82, 2.24) is 0 Å². The van der Waals surface area contributed by atoms with Crippen LogP contribution in [0.1, 0.15) is 27.7 Å². The van der Waals surface area contributed by atoms with E-state index >= 15 is 0 Å². The third kappa shape index (κ3) is 3.41. The second-order valence-corrected chi connectivity index (χ2v) is 8.10. The number of benzene rings is 1. The summed E-state index contributed by atoms with van der Waals surface area (Å²) in [6, 6.07) is 5.36. The Labute approximate surface area is 116 Å². The van der Waals surface area contributed by atoms with Gasteiger partial charge in [0, 0.05) is 19.3 Å². The first-order valence-corrected chi connectivity index (χ1v) is 8.16. The summed E-state index contributed by atoms with van der Waals surface area (Å²) in [5.41, 5.74) is 7.18. The molecule has 1 aromatic carbocycles. The lowest BCUT2D eigenvalue weighted by molar-refractivity contribution is 0.330. The van der Waals surface area contributed by atoms with Crippen molar-refractivity contribution in [2.45, 2.75) is 38.6 Å². The lowest BCUT2D eigenvalue weighted by atomic mass is 9.87. The van der Waals surface area contributed by atoms with Crippen LogP contribution >= 0.6 is 0 Å². The molecule has 19 heavy (non-hydrogen) atoms. The smallest absolute Gasteiger partial charge is 0.177 e. The molecule has 1 aromatic rings. The number of anilines is 2. The first-order valence-electron chi connectivity index (χ1n) is 6.27. The predicted octanol–water partition coefficient (Wildman–Crippen LogP) is 2.54. The molecule has 0 aliphatic carbocycles. The summed E-state index contributed by atoms with van der Waals surface area (Å²) >= 11 is 0. The van der Waals surface area contributed by atoms with E-state index in [2.05, 4.69) is 27.7 Å². The minimum atomic E-state index is -3.30. The molecule has 4 nitrogen and oxygen atoms in total. The highest BCUT2D eigenvalue weighted by Gasteiger charge is 2.26. The maximum atomic E-state index is 11.7. The highest BCUT2D eigenvalue weighted by atomic mass is 32.2. The molecular weight excluding hydrogens is 260 g/mol. The molecule has 0 aliphatic rings. The minimum absolute atomic E-state index is 0.0717. The predicted molar refractivity (Wildman–Crippen MR) is 81.3 cm³/mol. The number of nitrogens with zero attached hydrogens (tertiary/aromatic N) is 1. The molecule has 0 aliphatic heterocycles. The summed E-state index contributed by atoms with van der Waals surface area (Å²) in [6.45, 7) is 8.53. The number of rotatable bonds is 3. The van der Waals surface area contributed by atoms with Crippen molar-refractivity contribution < 1.29 is 8.42 Å². The summed E-state index contributed by atoms with van der Waals surface area (Å²) < 4.78 is 23.4. The van der Waals surface area contributed by atoms with E-state index in [0.29, 0.717) is 5.69 Å². The van der Waals surface area contributed by atoms with Crippen LogP contribution in [0.2, 0.25) is 0 Å². The van der Waals surface area contributed by atoms with Crippen LogP contribution in [0.4, 0.5) is 11.4 Å². The van der Waals surface area contributed by atoms with Gasteiger partial charge < -0.3 is 10.6 Å². The van der Waals surface area contributed by atoms with Crippen LogP contribution in [0.25, 0.3) is 0 Å². The topological polar surface area (TPSA) is 63.4 Å². The van der Waals surface area contributed by atoms with Crippen LogP contribution in [-0.4, -0.2) is 27.8 Å². The fraction of sp³-hybridized carbons (Fsp3) is 0.571. The van der Waals surface area contributed by atoms with Crippen molar-refractivity contribution in [2.75, 3.05) is 23.9 Å². The zero-order valence-electron chi connectivity index (χ0n) is 12.6. The number of para-hydroxylation sites is 1. The highest BCUT2D eigenvalue weighted by Crippen LogP contribution is 2.33. The molecule has 0 amide bonds. The zero-order valence-corrected chi connectivity index (χ0v) is 13.4. The molecule has 0 saturated heterocycles. The number of nitrogens with two attached hydrogens (primary N) is 1. The molecule has 0 spiro atoms. The second kappa shape index (κ2) is 5.04. The normalized spacial score (nSPS) is 14.2. The second-order valence-electron chi connectivity index (χ2n) is 6.11. The maximum Gasteiger partial charge on any atom is 0.177 e. The molecule has 1 atom stereocenters. The Bertz CT molecular complexity index is 559. The van der Waals surface area contributed by atoms with Gasteiger partial charge in [-0.05, 0) is 24.5 Å². The van der Waals surface area contributed by atoms with E-state index in [0.717, 1.165) is 5.69 Å². The van der Waals surface area contributed by atoms with Crippen LogP contribution in [0.5, 0.6) is 0 Å². The van der Waals surface area contributed by atoms with Gasteiger partial charge in [-0.1, -0.05) is 26.8 Å². The molecular formula is C14H24N2O2S. The maximum absolute atomic E-state index is 11.7. The van der Waals surface area contributed by atoms with Gasteiger partial charge in [-0.2, -0.15) is 0 Å². The summed E-state index contributed by atoms with van der Waals surface area (Å²) in [4.78, 5) is 2.22. The van der Waals surface area contributed by atoms with Gasteiger partial charge in [-0.3, -0.25) is 0 Å². The molecule has 5 heteroatoms. The quantitative estimate of drug-likeness (QED) is 0.866. The third-order valence-corrected chi connectivity index (χ3v) is 4.81. The van der Waals surface area contributed by atoms with Crippen molar-refractivity contribution in [3.63, 3.8) is 0 Å². The van der Waals surface area contributed by atoms with Gasteiger partial charge in [-0.15, -0.1) is 0 Å². The molecule has 1 rings (SSSR count). The average molecular weight is 284 g/mol. The molecule has 0 radical (unpaired) electrons. The van der Waals surface area contributed by atoms with Crippen LogP contribution < -0.4 is 10.6 Å². The molecule has 0 saturated carbocycles. The summed E-state index contributed by atoms with van der Waals surface area (Å²) in [7, 11) is -1.36. The monoisotopic (exact) mass is 284 g/mol. The van der Waals surface area contributed by atoms with E-state index in [1.54, 1.807) is 12.1 Å². The van der Waals surface area contributed by atoms with E-state index in [1.807, 2.05) is 18.0 Å². The highest BCUT2D eigenvalue weighted by molar-refractivity contribution is 7.90. The molecule has 0 heterocycles. The summed E-state index contributed by atoms with van der Waals surface area (Å²) in [6.07, 6.45) is 1.18. The van der Waals surface area contributed by atoms with E-state index < -0.39 is 9.84 Å². The number of hydrogen-bond acceptors (Lipinski definition) is 4. The number of hydrogen-bond donors (Lipinski definition) is 1. The lowest BCUT2D eigenvalue weighted by Gasteiger charge is -2.37. The fourth-order valence-corrected chi connectivity index (χ4v) is 2.78. The average Bonchev–Trinajstić information content (AvgIpc) is 2.24. The Kier molecular flexibility index (Phi) is 4.20. The summed E-state index contributed by atoms with van der Waals surface area (Å²) in [5.74, 6) is 0. The van der Waals surface area contributed by atoms with Gasteiger partial charge >= 0.3 is 0 Å². The number of sulfone groups is 1. The minimum Gasteiger partial charge on any atom is -0.396 e. The van der Waals surface area contributed by atoms with Gasteiger partial charge in [0.1, 0.15) is 0 Å². The SMILES string of the molecule is CC(N(C)c1cccc(S(C)(=O)=O)c1N)C(C)(C)C. The summed E-state index contributed by atoms with van der Waals surface area (Å²) in [5, 5.41) is 0. The Morgan fingerprint density at radius 2 is 1.79 bits per heavy atom. The third-order valence-electron chi connectivity index (χ3n) is 3.66. The standard InChI is InChI=1S/C14H24N2O2S/c1-10(14(2,3)4)16(5)11-8-7-9-12(13(11)15)19(6,17)18/h7-10H,15H2,1-6H3. The number of nitrogen functional groups attached to an aromatic ring is 1. The van der Waals surface area contributed by atoms with E-state index in [4.69, 9.17) is 5.73 Å². The Balaban J connectivity index is 3.31. The van der Waals surface area contributed by atoms with Crippen LogP contribution in [-0.2, 0) is 9.84 Å². The van der Waals surface area contributed by atoms with Crippen molar-refractivity contribution in [2.24, 2.45) is 5.41 Å². The van der Waals surface area contributed by atoms with Gasteiger partial charge in [0.2, 0.25) is 0 Å². The lowest BCUT2D eigenvalue weighted by Crippen LogP contribution is -2.39. The van der Waals surface area contributed by atoms with Crippen LogP contribution in [0.3, 0.4) is 0 Å². The molecule has 108 valence electrons. The molecule has 2 N–H and O–H groups in total. The van der Waals surface area contributed by atoms with Crippen molar-refractivity contribution in [3.05, 3.63) is 18.2 Å². The van der Waals surface area contributed by atoms with E-state index in [-0.39, 0.29) is 16.4 Å². The molecule has 0 bridgehead atoms. The molecule has 0 aromatic heterocycles.